The summed E-state index contributed by atoms with van der Waals surface area (Å²) in [7, 11) is 0. The number of nitrogens with zero attached hydrogens (tertiary/aromatic N) is 1. The van der Waals surface area contributed by atoms with Gasteiger partial charge in [0.05, 0.1) is 6.20 Å². The van der Waals surface area contributed by atoms with E-state index < -0.39 is 0 Å². The molecular formula is C9H12N3O3+. The van der Waals surface area contributed by atoms with Gasteiger partial charge in [0.1, 0.15) is 0 Å². The van der Waals surface area contributed by atoms with E-state index >= 15 is 0 Å². The number of carbonyl (C=O) groups is 1. The summed E-state index contributed by atoms with van der Waals surface area (Å²) in [6.45, 7) is 2.39. The van der Waals surface area contributed by atoms with E-state index in [0.717, 1.165) is 0 Å². The average Bonchev–Trinajstić information content (AvgIpc) is 2.20. The number of nitroso groups, excluding NO2 is 1. The van der Waals surface area contributed by atoms with Gasteiger partial charge in [-0.3, -0.25) is 9.59 Å². The maximum atomic E-state index is 11.0. The third-order valence-electron chi connectivity index (χ3n) is 1.83. The minimum Gasteiger partial charge on any atom is -0.355 e. The Bertz CT molecular complexity index is 425. The fourth-order valence-corrected chi connectivity index (χ4v) is 1.10. The van der Waals surface area contributed by atoms with Gasteiger partial charge in [-0.15, -0.1) is 0 Å². The van der Waals surface area contributed by atoms with Gasteiger partial charge in [0, 0.05) is 42.4 Å². The number of pyridine rings is 1. The van der Waals surface area contributed by atoms with Crippen LogP contribution in [0.3, 0.4) is 0 Å². The lowest BCUT2D eigenvalue weighted by atomic mass is 10.4. The van der Waals surface area contributed by atoms with Crippen LogP contribution in [0.5, 0.6) is 0 Å². The topological polar surface area (TPSA) is 82.1 Å². The lowest BCUT2D eigenvalue weighted by Gasteiger charge is -2.04. The monoisotopic (exact) mass is 210 g/mol. The fraction of sp³-hybridized carbons (Fsp3) is 0.333. The molecule has 6 heteroatoms. The summed E-state index contributed by atoms with van der Waals surface area (Å²) in [4.78, 5) is 32.0. The average molecular weight is 210 g/mol. The SMILES string of the molecule is CC(=O)NCCn1ccc(=O)c([NH+]=O)c1. The zero-order valence-electron chi connectivity index (χ0n) is 8.32. The molecule has 0 fully saturated rings. The van der Waals surface area contributed by atoms with Crippen LogP contribution in [0.4, 0.5) is 5.69 Å². The first kappa shape index (κ1) is 11.1. The highest BCUT2D eigenvalue weighted by Crippen LogP contribution is 1.90. The number of carbonyl (C=O) groups excluding carboxylic acids is 1. The molecule has 1 heterocycles. The Balaban J connectivity index is 2.66. The smallest absolute Gasteiger partial charge is 0.316 e. The number of hydrogen-bond donors (Lipinski definition) is 2. The summed E-state index contributed by atoms with van der Waals surface area (Å²) >= 11 is 0. The molecule has 0 saturated heterocycles. The third kappa shape index (κ3) is 3.34. The van der Waals surface area contributed by atoms with Crippen LogP contribution in [0, 0.1) is 4.91 Å². The number of amides is 1. The van der Waals surface area contributed by atoms with Crippen molar-refractivity contribution in [1.29, 1.82) is 0 Å². The van der Waals surface area contributed by atoms with Crippen molar-refractivity contribution in [3.8, 4) is 0 Å². The van der Waals surface area contributed by atoms with Crippen LogP contribution in [0.25, 0.3) is 0 Å². The zero-order chi connectivity index (χ0) is 11.3. The van der Waals surface area contributed by atoms with Crippen LogP contribution in [0.2, 0.25) is 0 Å². The Kier molecular flexibility index (Phi) is 3.73. The van der Waals surface area contributed by atoms with Gasteiger partial charge in [-0.1, -0.05) is 0 Å². The molecule has 15 heavy (non-hydrogen) atoms. The summed E-state index contributed by atoms with van der Waals surface area (Å²) in [5.41, 5.74) is -0.346. The van der Waals surface area contributed by atoms with Crippen molar-refractivity contribution in [2.24, 2.45) is 0 Å². The predicted molar refractivity (Wildman–Crippen MR) is 53.4 cm³/mol. The van der Waals surface area contributed by atoms with Gasteiger partial charge in [-0.25, -0.2) is 0 Å². The molecule has 2 N–H and O–H groups in total. The van der Waals surface area contributed by atoms with Gasteiger partial charge in [-0.05, 0) is 0 Å². The Morgan fingerprint density at radius 1 is 1.60 bits per heavy atom. The summed E-state index contributed by atoms with van der Waals surface area (Å²) < 4.78 is 1.65. The van der Waals surface area contributed by atoms with E-state index in [1.54, 1.807) is 15.9 Å². The van der Waals surface area contributed by atoms with E-state index in [1.807, 2.05) is 0 Å². The molecule has 0 aliphatic carbocycles. The summed E-state index contributed by atoms with van der Waals surface area (Å²) in [6, 6.07) is 1.30. The van der Waals surface area contributed by atoms with Crippen molar-refractivity contribution in [3.05, 3.63) is 33.6 Å². The van der Waals surface area contributed by atoms with E-state index in [-0.39, 0.29) is 17.0 Å². The molecule has 1 aromatic heterocycles. The largest absolute Gasteiger partial charge is 0.355 e. The molecule has 6 nitrogen and oxygen atoms in total. The predicted octanol–water partition coefficient (Wildman–Crippen LogP) is -1.54. The van der Waals surface area contributed by atoms with Crippen LogP contribution in [0.15, 0.2) is 23.3 Å². The van der Waals surface area contributed by atoms with Gasteiger partial charge in [0.15, 0.2) is 0 Å². The molecule has 80 valence electrons. The number of hydrogen-bond acceptors (Lipinski definition) is 3. The molecule has 0 radical (unpaired) electrons. The highest BCUT2D eigenvalue weighted by Gasteiger charge is 2.05. The first-order chi connectivity index (χ1) is 7.13. The second kappa shape index (κ2) is 5.04. The van der Waals surface area contributed by atoms with Crippen molar-refractivity contribution < 1.29 is 9.97 Å². The summed E-state index contributed by atoms with van der Waals surface area (Å²) in [5.74, 6) is -0.113. The molecule has 0 saturated carbocycles. The molecule has 0 aliphatic rings. The Labute approximate surface area is 85.9 Å². The fourth-order valence-electron chi connectivity index (χ4n) is 1.10. The molecule has 0 atom stereocenters. The maximum absolute atomic E-state index is 11.0. The molecule has 0 bridgehead atoms. The molecule has 1 amide bonds. The van der Waals surface area contributed by atoms with Crippen LogP contribution in [-0.4, -0.2) is 17.0 Å². The first-order valence-electron chi connectivity index (χ1n) is 4.46. The lowest BCUT2D eigenvalue weighted by molar-refractivity contribution is -0.381. The maximum Gasteiger partial charge on any atom is 0.316 e. The van der Waals surface area contributed by atoms with Gasteiger partial charge < -0.3 is 9.88 Å². The van der Waals surface area contributed by atoms with E-state index in [9.17, 15) is 14.5 Å². The molecule has 0 spiro atoms. The molecule has 0 aliphatic heterocycles. The summed E-state index contributed by atoms with van der Waals surface area (Å²) in [5, 5.41) is 4.17. The van der Waals surface area contributed by atoms with Gasteiger partial charge >= 0.3 is 5.69 Å². The van der Waals surface area contributed by atoms with E-state index in [0.29, 0.717) is 13.1 Å². The standard InChI is InChI=1S/C9H11N3O3/c1-7(13)10-3-5-12-4-2-9(14)8(6-12)11-15/h2,4,6H,3,5H2,1H3,(H,10,13)/p+1. The van der Waals surface area contributed by atoms with E-state index in [2.05, 4.69) is 5.32 Å². The van der Waals surface area contributed by atoms with Crippen LogP contribution in [0.1, 0.15) is 6.92 Å². The van der Waals surface area contributed by atoms with Gasteiger partial charge in [0.2, 0.25) is 5.91 Å². The van der Waals surface area contributed by atoms with Crippen molar-refractivity contribution >= 4 is 11.6 Å². The van der Waals surface area contributed by atoms with Crippen LogP contribution in [-0.2, 0) is 11.3 Å². The number of aromatic nitrogens is 1. The van der Waals surface area contributed by atoms with E-state index in [1.165, 1.54) is 19.2 Å². The normalized spacial score (nSPS) is 9.67. The molecular weight excluding hydrogens is 198 g/mol. The highest BCUT2D eigenvalue weighted by molar-refractivity contribution is 5.72. The van der Waals surface area contributed by atoms with Crippen LogP contribution < -0.4 is 15.9 Å². The van der Waals surface area contributed by atoms with Crippen molar-refractivity contribution in [2.75, 3.05) is 6.54 Å². The third-order valence-corrected chi connectivity index (χ3v) is 1.83. The molecule has 1 aromatic rings. The Morgan fingerprint density at radius 3 is 2.93 bits per heavy atom. The Hall–Kier alpha value is -1.98. The molecule has 1 rings (SSSR count). The lowest BCUT2D eigenvalue weighted by Crippen LogP contribution is -2.59. The van der Waals surface area contributed by atoms with Crippen molar-refractivity contribution in [1.82, 2.24) is 9.88 Å². The second-order valence-corrected chi connectivity index (χ2v) is 3.05. The number of nitrogens with one attached hydrogen (secondary N) is 2. The quantitative estimate of drug-likeness (QED) is 0.632. The van der Waals surface area contributed by atoms with Crippen molar-refractivity contribution in [3.63, 3.8) is 0 Å². The first-order valence-corrected chi connectivity index (χ1v) is 4.46. The minimum atomic E-state index is -0.347. The van der Waals surface area contributed by atoms with Gasteiger partial charge in [0.25, 0.3) is 5.43 Å². The summed E-state index contributed by atoms with van der Waals surface area (Å²) in [6.07, 6.45) is 2.97. The van der Waals surface area contributed by atoms with E-state index in [4.69, 9.17) is 0 Å². The molecule has 0 unspecified atom stereocenters. The molecule has 0 aromatic carbocycles. The van der Waals surface area contributed by atoms with Crippen LogP contribution >= 0.6 is 0 Å². The number of rotatable bonds is 4. The zero-order valence-corrected chi connectivity index (χ0v) is 8.32. The minimum absolute atomic E-state index is 0.000301. The van der Waals surface area contributed by atoms with Gasteiger partial charge in [-0.2, -0.15) is 0 Å². The van der Waals surface area contributed by atoms with Crippen molar-refractivity contribution in [2.45, 2.75) is 13.5 Å². The second-order valence-electron chi connectivity index (χ2n) is 3.05. The highest BCUT2D eigenvalue weighted by atomic mass is 16.3. The Morgan fingerprint density at radius 2 is 2.33 bits per heavy atom.